The highest BCUT2D eigenvalue weighted by atomic mass is 127. The van der Waals surface area contributed by atoms with E-state index < -0.39 is 0 Å². The average Bonchev–Trinajstić information content (AvgIpc) is 2.62. The molecule has 3 aromatic rings. The van der Waals surface area contributed by atoms with Crippen LogP contribution >= 0.6 is 34.4 Å². The molecule has 0 atom stereocenters. The number of aryl methyl sites for hydroxylation is 1. The van der Waals surface area contributed by atoms with Gasteiger partial charge >= 0.3 is 0 Å². The Morgan fingerprint density at radius 3 is 2.52 bits per heavy atom. The third-order valence-electron chi connectivity index (χ3n) is 3.36. The van der Waals surface area contributed by atoms with E-state index in [1.54, 1.807) is 0 Å². The van der Waals surface area contributed by atoms with E-state index in [9.17, 15) is 4.79 Å². The van der Waals surface area contributed by atoms with Crippen molar-refractivity contribution >= 4 is 45.9 Å². The van der Waals surface area contributed by atoms with E-state index in [4.69, 9.17) is 0 Å². The number of rotatable bonds is 5. The van der Waals surface area contributed by atoms with Crippen LogP contribution in [0.15, 0.2) is 65.8 Å². The number of aromatic nitrogens is 2. The second kappa shape index (κ2) is 8.44. The van der Waals surface area contributed by atoms with Gasteiger partial charge in [-0.2, -0.15) is 0 Å². The molecule has 25 heavy (non-hydrogen) atoms. The van der Waals surface area contributed by atoms with E-state index in [0.29, 0.717) is 5.16 Å². The van der Waals surface area contributed by atoms with Crippen LogP contribution in [-0.4, -0.2) is 21.6 Å². The van der Waals surface area contributed by atoms with Crippen molar-refractivity contribution in [1.29, 1.82) is 0 Å². The number of anilines is 1. The van der Waals surface area contributed by atoms with Gasteiger partial charge in [-0.25, -0.2) is 9.97 Å². The van der Waals surface area contributed by atoms with Crippen molar-refractivity contribution in [3.63, 3.8) is 0 Å². The Kier molecular flexibility index (Phi) is 6.04. The van der Waals surface area contributed by atoms with Crippen LogP contribution in [0.4, 0.5) is 5.69 Å². The number of hydrogen-bond donors (Lipinski definition) is 1. The van der Waals surface area contributed by atoms with Gasteiger partial charge in [0.05, 0.1) is 11.4 Å². The van der Waals surface area contributed by atoms with E-state index in [-0.39, 0.29) is 11.7 Å². The van der Waals surface area contributed by atoms with Crippen LogP contribution in [0.3, 0.4) is 0 Å². The van der Waals surface area contributed by atoms with Gasteiger partial charge in [0.1, 0.15) is 0 Å². The minimum absolute atomic E-state index is 0.0717. The van der Waals surface area contributed by atoms with E-state index >= 15 is 0 Å². The van der Waals surface area contributed by atoms with Crippen LogP contribution in [0.5, 0.6) is 0 Å². The molecule has 1 N–H and O–H groups in total. The highest BCUT2D eigenvalue weighted by molar-refractivity contribution is 14.1. The van der Waals surface area contributed by atoms with Crippen LogP contribution in [0.2, 0.25) is 0 Å². The Bertz CT molecular complexity index is 870. The van der Waals surface area contributed by atoms with Gasteiger partial charge in [0, 0.05) is 20.5 Å². The average molecular weight is 461 g/mol. The standard InChI is InChI=1S/C19H16IN3OS/c1-13-11-17(14-5-3-2-4-6-14)23-19(21-13)25-12-18(24)22-16-9-7-15(20)8-10-16/h2-11H,12H2,1H3,(H,22,24). The summed E-state index contributed by atoms with van der Waals surface area (Å²) in [6.07, 6.45) is 0. The zero-order valence-electron chi connectivity index (χ0n) is 13.6. The van der Waals surface area contributed by atoms with Crippen molar-refractivity contribution in [2.75, 3.05) is 11.1 Å². The Morgan fingerprint density at radius 1 is 1.08 bits per heavy atom. The van der Waals surface area contributed by atoms with Crippen LogP contribution in [0.1, 0.15) is 5.69 Å². The maximum Gasteiger partial charge on any atom is 0.234 e. The van der Waals surface area contributed by atoms with E-state index in [2.05, 4.69) is 37.9 Å². The summed E-state index contributed by atoms with van der Waals surface area (Å²) in [6, 6.07) is 19.6. The summed E-state index contributed by atoms with van der Waals surface area (Å²) in [4.78, 5) is 21.1. The third kappa shape index (κ3) is 5.27. The Balaban J connectivity index is 1.65. The smallest absolute Gasteiger partial charge is 0.234 e. The normalized spacial score (nSPS) is 10.5. The predicted molar refractivity (Wildman–Crippen MR) is 111 cm³/mol. The number of halogens is 1. The number of thioether (sulfide) groups is 1. The van der Waals surface area contributed by atoms with Gasteiger partial charge < -0.3 is 5.32 Å². The monoisotopic (exact) mass is 461 g/mol. The first-order valence-corrected chi connectivity index (χ1v) is 9.76. The highest BCUT2D eigenvalue weighted by Crippen LogP contribution is 2.21. The van der Waals surface area contributed by atoms with Gasteiger partial charge in [-0.05, 0) is 59.8 Å². The van der Waals surface area contributed by atoms with Gasteiger partial charge in [-0.1, -0.05) is 42.1 Å². The van der Waals surface area contributed by atoms with Crippen LogP contribution in [-0.2, 0) is 4.79 Å². The minimum atomic E-state index is -0.0717. The van der Waals surface area contributed by atoms with Crippen molar-refractivity contribution in [1.82, 2.24) is 9.97 Å². The van der Waals surface area contributed by atoms with Gasteiger partial charge in [0.15, 0.2) is 5.16 Å². The van der Waals surface area contributed by atoms with Crippen molar-refractivity contribution in [2.24, 2.45) is 0 Å². The number of nitrogens with one attached hydrogen (secondary N) is 1. The molecule has 0 radical (unpaired) electrons. The molecule has 0 saturated heterocycles. The summed E-state index contributed by atoms with van der Waals surface area (Å²) < 4.78 is 1.13. The lowest BCUT2D eigenvalue weighted by Gasteiger charge is -2.07. The van der Waals surface area contributed by atoms with E-state index in [0.717, 1.165) is 26.2 Å². The van der Waals surface area contributed by atoms with Crippen LogP contribution < -0.4 is 5.32 Å². The predicted octanol–water partition coefficient (Wildman–Crippen LogP) is 4.79. The summed E-state index contributed by atoms with van der Waals surface area (Å²) in [7, 11) is 0. The fraction of sp³-hybridized carbons (Fsp3) is 0.105. The lowest BCUT2D eigenvalue weighted by Crippen LogP contribution is -2.14. The van der Waals surface area contributed by atoms with Gasteiger partial charge in [-0.3, -0.25) is 4.79 Å². The maximum atomic E-state index is 12.1. The van der Waals surface area contributed by atoms with Crippen molar-refractivity contribution in [2.45, 2.75) is 12.1 Å². The van der Waals surface area contributed by atoms with Gasteiger partial charge in [0.25, 0.3) is 0 Å². The first-order chi connectivity index (χ1) is 12.1. The molecule has 126 valence electrons. The van der Waals surface area contributed by atoms with Crippen LogP contribution in [0.25, 0.3) is 11.3 Å². The van der Waals surface area contributed by atoms with Crippen LogP contribution in [0, 0.1) is 10.5 Å². The summed E-state index contributed by atoms with van der Waals surface area (Å²) in [5.41, 5.74) is 3.59. The number of amides is 1. The SMILES string of the molecule is Cc1cc(-c2ccccc2)nc(SCC(=O)Nc2ccc(I)cc2)n1. The van der Waals surface area contributed by atoms with Crippen molar-refractivity contribution in [3.8, 4) is 11.3 Å². The van der Waals surface area contributed by atoms with Crippen molar-refractivity contribution in [3.05, 3.63) is 69.9 Å². The first-order valence-electron chi connectivity index (χ1n) is 7.69. The molecule has 1 amide bonds. The summed E-state index contributed by atoms with van der Waals surface area (Å²) in [6.45, 7) is 1.93. The number of nitrogens with zero attached hydrogens (tertiary/aromatic N) is 2. The molecule has 4 nitrogen and oxygen atoms in total. The molecule has 0 aliphatic heterocycles. The molecule has 0 spiro atoms. The minimum Gasteiger partial charge on any atom is -0.325 e. The van der Waals surface area contributed by atoms with E-state index in [1.165, 1.54) is 11.8 Å². The molecular formula is C19H16IN3OS. The lowest BCUT2D eigenvalue weighted by molar-refractivity contribution is -0.113. The molecular weight excluding hydrogens is 445 g/mol. The topological polar surface area (TPSA) is 54.9 Å². The molecule has 6 heteroatoms. The fourth-order valence-corrected chi connectivity index (χ4v) is 3.29. The second-order valence-corrected chi connectivity index (χ2v) is 7.58. The largest absolute Gasteiger partial charge is 0.325 e. The zero-order valence-corrected chi connectivity index (χ0v) is 16.5. The Morgan fingerprint density at radius 2 is 1.80 bits per heavy atom. The van der Waals surface area contributed by atoms with E-state index in [1.807, 2.05) is 67.6 Å². The molecule has 1 heterocycles. The Hall–Kier alpha value is -1.93. The summed E-state index contributed by atoms with van der Waals surface area (Å²) in [5.74, 6) is 0.196. The van der Waals surface area contributed by atoms with Gasteiger partial charge in [0.2, 0.25) is 5.91 Å². The van der Waals surface area contributed by atoms with Crippen molar-refractivity contribution < 1.29 is 4.79 Å². The lowest BCUT2D eigenvalue weighted by atomic mass is 10.1. The quantitative estimate of drug-likeness (QED) is 0.338. The third-order valence-corrected chi connectivity index (χ3v) is 4.93. The zero-order chi connectivity index (χ0) is 17.6. The summed E-state index contributed by atoms with van der Waals surface area (Å²) in [5, 5.41) is 3.49. The molecule has 0 fully saturated rings. The first kappa shape index (κ1) is 17.9. The number of benzene rings is 2. The molecule has 0 saturated carbocycles. The molecule has 3 rings (SSSR count). The number of hydrogen-bond acceptors (Lipinski definition) is 4. The number of carbonyl (C=O) groups is 1. The summed E-state index contributed by atoms with van der Waals surface area (Å²) >= 11 is 3.57. The highest BCUT2D eigenvalue weighted by Gasteiger charge is 2.08. The Labute approximate surface area is 164 Å². The molecule has 0 aliphatic carbocycles. The molecule has 0 unspecified atom stereocenters. The number of carbonyl (C=O) groups excluding carboxylic acids is 1. The van der Waals surface area contributed by atoms with Gasteiger partial charge in [-0.15, -0.1) is 0 Å². The molecule has 2 aromatic carbocycles. The molecule has 0 aliphatic rings. The fourth-order valence-electron chi connectivity index (χ4n) is 2.22. The second-order valence-electron chi connectivity index (χ2n) is 5.39. The molecule has 0 bridgehead atoms. The molecule has 1 aromatic heterocycles. The maximum absolute atomic E-state index is 12.1.